The van der Waals surface area contributed by atoms with Crippen molar-refractivity contribution < 1.29 is 53.9 Å². The van der Waals surface area contributed by atoms with E-state index in [1.54, 1.807) is 12.3 Å². The third-order valence-corrected chi connectivity index (χ3v) is 5.94. The predicted molar refractivity (Wildman–Crippen MR) is 92.8 cm³/mol. The molecule has 13 heteroatoms. The SMILES string of the molecule is CON=C(C(=O)NC1C(=O)N2C=C(C(=O)[O-])C(C)S[C@H]12)c1csc(N)n1.[Na+]. The normalized spacial score (nSPS) is 24.1. The second-order valence-corrected chi connectivity index (χ2v) is 7.78. The Morgan fingerprint density at radius 3 is 2.74 bits per heavy atom. The number of nitrogen functional groups attached to an aromatic ring is 1. The minimum Gasteiger partial charge on any atom is -0.545 e. The fraction of sp³-hybridized carbons (Fsp3) is 0.357. The van der Waals surface area contributed by atoms with Gasteiger partial charge in [-0.1, -0.05) is 5.16 Å². The van der Waals surface area contributed by atoms with E-state index in [-0.39, 0.29) is 56.9 Å². The molecule has 138 valence electrons. The van der Waals surface area contributed by atoms with Crippen molar-refractivity contribution in [2.45, 2.75) is 23.6 Å². The van der Waals surface area contributed by atoms with Crippen molar-refractivity contribution in [2.24, 2.45) is 5.16 Å². The first-order valence-electron chi connectivity index (χ1n) is 7.37. The number of nitrogens with two attached hydrogens (primary N) is 1. The molecule has 0 bridgehead atoms. The van der Waals surface area contributed by atoms with E-state index in [9.17, 15) is 19.5 Å². The molecule has 0 radical (unpaired) electrons. The standard InChI is InChI=1S/C14H15N5O5S2.Na/c1-5-6(13(22)23)3-19-11(21)9(12(19)26-5)17-10(20)8(18-24-2)7-4-25-14(15)16-7;/h3-5,9,12H,1-2H3,(H2,15,16)(H,17,20)(H,22,23);/q;+1/p-1/t5?,9?,12-;/m1./s1. The maximum atomic E-state index is 12.5. The van der Waals surface area contributed by atoms with Crippen molar-refractivity contribution >= 4 is 51.7 Å². The summed E-state index contributed by atoms with van der Waals surface area (Å²) >= 11 is 2.39. The summed E-state index contributed by atoms with van der Waals surface area (Å²) in [6.07, 6.45) is 1.26. The molecule has 10 nitrogen and oxygen atoms in total. The summed E-state index contributed by atoms with van der Waals surface area (Å²) in [6, 6.07) is -0.812. The van der Waals surface area contributed by atoms with Crippen LogP contribution in [0, 0.1) is 0 Å². The van der Waals surface area contributed by atoms with E-state index in [1.807, 2.05) is 0 Å². The van der Waals surface area contributed by atoms with Crippen LogP contribution in [-0.2, 0) is 19.2 Å². The van der Waals surface area contributed by atoms with Crippen LogP contribution in [0.5, 0.6) is 0 Å². The van der Waals surface area contributed by atoms with Crippen molar-refractivity contribution in [2.75, 3.05) is 12.8 Å². The molecule has 1 aromatic rings. The minimum absolute atomic E-state index is 0. The van der Waals surface area contributed by atoms with Crippen LogP contribution < -0.4 is 45.7 Å². The van der Waals surface area contributed by atoms with Crippen LogP contribution in [0.25, 0.3) is 0 Å². The number of carboxylic acid groups (broad SMARTS) is 1. The molecule has 1 fully saturated rings. The van der Waals surface area contributed by atoms with Gasteiger partial charge in [-0.05, 0) is 6.92 Å². The van der Waals surface area contributed by atoms with E-state index in [1.165, 1.54) is 30.0 Å². The van der Waals surface area contributed by atoms with Gasteiger partial charge in [0.1, 0.15) is 24.2 Å². The van der Waals surface area contributed by atoms with Crippen LogP contribution in [0.2, 0.25) is 0 Å². The molecule has 2 aliphatic heterocycles. The van der Waals surface area contributed by atoms with Gasteiger partial charge < -0.3 is 30.7 Å². The van der Waals surface area contributed by atoms with Crippen LogP contribution in [0.15, 0.2) is 22.3 Å². The third-order valence-electron chi connectivity index (χ3n) is 3.82. The molecule has 1 saturated heterocycles. The number of rotatable bonds is 5. The van der Waals surface area contributed by atoms with Gasteiger partial charge in [-0.15, -0.1) is 23.1 Å². The number of hydrogen-bond donors (Lipinski definition) is 2. The van der Waals surface area contributed by atoms with Crippen molar-refractivity contribution in [3.8, 4) is 0 Å². The van der Waals surface area contributed by atoms with Gasteiger partial charge in [-0.2, -0.15) is 0 Å². The zero-order valence-corrected chi connectivity index (χ0v) is 18.3. The first-order valence-corrected chi connectivity index (χ1v) is 9.19. The van der Waals surface area contributed by atoms with Crippen LogP contribution in [0.1, 0.15) is 12.6 Å². The van der Waals surface area contributed by atoms with Crippen LogP contribution in [0.4, 0.5) is 5.13 Å². The van der Waals surface area contributed by atoms with Gasteiger partial charge in [0.2, 0.25) is 0 Å². The molecule has 2 aliphatic rings. The fourth-order valence-electron chi connectivity index (χ4n) is 2.56. The summed E-state index contributed by atoms with van der Waals surface area (Å²) < 4.78 is 0. The summed E-state index contributed by atoms with van der Waals surface area (Å²) in [5, 5.41) is 18.4. The number of thioether (sulfide) groups is 1. The number of carbonyl (C=O) groups excluding carboxylic acids is 3. The number of thiazole rings is 1. The predicted octanol–water partition coefficient (Wildman–Crippen LogP) is -4.50. The van der Waals surface area contributed by atoms with E-state index in [2.05, 4.69) is 20.3 Å². The Bertz CT molecular complexity index is 842. The van der Waals surface area contributed by atoms with E-state index in [4.69, 9.17) is 5.73 Å². The summed E-state index contributed by atoms with van der Waals surface area (Å²) in [7, 11) is 1.28. The molecule has 3 heterocycles. The molecule has 0 spiro atoms. The minimum atomic E-state index is -1.32. The monoisotopic (exact) mass is 419 g/mol. The number of carboxylic acids is 1. The maximum Gasteiger partial charge on any atom is 1.00 e. The van der Waals surface area contributed by atoms with Crippen LogP contribution >= 0.6 is 23.1 Å². The van der Waals surface area contributed by atoms with Crippen LogP contribution in [0.3, 0.4) is 0 Å². The summed E-state index contributed by atoms with van der Waals surface area (Å²) in [5.74, 6) is -2.38. The Labute approximate surface area is 184 Å². The maximum absolute atomic E-state index is 12.5. The van der Waals surface area contributed by atoms with Crippen molar-refractivity contribution in [1.29, 1.82) is 0 Å². The van der Waals surface area contributed by atoms with Crippen LogP contribution in [-0.4, -0.2) is 57.2 Å². The van der Waals surface area contributed by atoms with Gasteiger partial charge in [0.05, 0.1) is 5.97 Å². The van der Waals surface area contributed by atoms with Gasteiger partial charge in [0.25, 0.3) is 11.8 Å². The van der Waals surface area contributed by atoms with Crippen molar-refractivity contribution in [3.05, 3.63) is 22.8 Å². The Hall–Kier alpha value is -1.60. The quantitative estimate of drug-likeness (QED) is 0.210. The largest absolute Gasteiger partial charge is 1.00 e. The molecule has 2 unspecified atom stereocenters. The number of carbonyl (C=O) groups is 3. The van der Waals surface area contributed by atoms with Gasteiger partial charge in [0, 0.05) is 22.4 Å². The van der Waals surface area contributed by atoms with Gasteiger partial charge in [0.15, 0.2) is 10.8 Å². The summed E-state index contributed by atoms with van der Waals surface area (Å²) in [5.41, 5.74) is 5.73. The smallest absolute Gasteiger partial charge is 0.545 e. The fourth-order valence-corrected chi connectivity index (χ4v) is 4.47. The number of anilines is 1. The number of β-lactam (4-membered cyclic amide) rings is 1. The molecule has 3 atom stereocenters. The number of oxime groups is 1. The Balaban J connectivity index is 0.00000261. The zero-order valence-electron chi connectivity index (χ0n) is 14.7. The molecule has 3 rings (SSSR count). The molecule has 3 N–H and O–H groups in total. The Morgan fingerprint density at radius 1 is 1.48 bits per heavy atom. The van der Waals surface area contributed by atoms with Crippen molar-refractivity contribution in [3.63, 3.8) is 0 Å². The molecule has 1 aromatic heterocycles. The average Bonchev–Trinajstić information content (AvgIpc) is 3.02. The number of amides is 2. The topological polar surface area (TPSA) is 150 Å². The van der Waals surface area contributed by atoms with E-state index >= 15 is 0 Å². The number of nitrogens with one attached hydrogen (secondary N) is 1. The Morgan fingerprint density at radius 2 is 2.19 bits per heavy atom. The van der Waals surface area contributed by atoms with Gasteiger partial charge in [-0.25, -0.2) is 4.98 Å². The Kier molecular flexibility index (Phi) is 6.92. The van der Waals surface area contributed by atoms with Crippen molar-refractivity contribution in [1.82, 2.24) is 15.2 Å². The number of aromatic nitrogens is 1. The van der Waals surface area contributed by atoms with Gasteiger partial charge in [-0.3, -0.25) is 9.59 Å². The molecular weight excluding hydrogens is 405 g/mol. The second-order valence-electron chi connectivity index (χ2n) is 5.43. The molecule has 0 aromatic carbocycles. The average molecular weight is 419 g/mol. The molecule has 0 saturated carbocycles. The first-order chi connectivity index (χ1) is 12.3. The van der Waals surface area contributed by atoms with E-state index in [0.29, 0.717) is 0 Å². The first kappa shape index (κ1) is 21.7. The number of hydrogen-bond acceptors (Lipinski definition) is 10. The number of fused-ring (bicyclic) bond motifs is 1. The molecule has 27 heavy (non-hydrogen) atoms. The van der Waals surface area contributed by atoms with E-state index < -0.39 is 29.2 Å². The summed E-state index contributed by atoms with van der Waals surface area (Å²) in [6.45, 7) is 1.70. The summed E-state index contributed by atoms with van der Waals surface area (Å²) in [4.78, 5) is 45.8. The zero-order chi connectivity index (χ0) is 19.0. The van der Waals surface area contributed by atoms with Gasteiger partial charge >= 0.3 is 29.6 Å². The number of aliphatic carboxylic acids is 1. The molecular formula is C14H14N5NaO5S2. The third kappa shape index (κ3) is 4.14. The second kappa shape index (κ2) is 8.61. The molecule has 0 aliphatic carbocycles. The van der Waals surface area contributed by atoms with E-state index in [0.717, 1.165) is 11.3 Å². The molecule has 2 amide bonds. The number of nitrogens with zero attached hydrogens (tertiary/aromatic N) is 3.